The highest BCUT2D eigenvalue weighted by atomic mass is 19.1. The van der Waals surface area contributed by atoms with E-state index in [1.165, 1.54) is 17.9 Å². The second-order valence-corrected chi connectivity index (χ2v) is 4.91. The Balaban J connectivity index is 2.15. The Labute approximate surface area is 130 Å². The molecule has 1 aromatic carbocycles. The van der Waals surface area contributed by atoms with Crippen molar-refractivity contribution in [2.45, 2.75) is 12.5 Å². The van der Waals surface area contributed by atoms with Gasteiger partial charge < -0.3 is 14.7 Å². The highest BCUT2D eigenvalue weighted by molar-refractivity contribution is 6.00. The second-order valence-electron chi connectivity index (χ2n) is 4.91. The minimum absolute atomic E-state index is 0.00253. The minimum Gasteiger partial charge on any atom is -0.341 e. The molecule has 1 heterocycles. The number of hydrogen-bond donors (Lipinski definition) is 1. The lowest BCUT2D eigenvalue weighted by Gasteiger charge is -2.13. The number of imidazole rings is 1. The zero-order valence-corrected chi connectivity index (χ0v) is 12.1. The molecule has 0 radical (unpaired) electrons. The van der Waals surface area contributed by atoms with Gasteiger partial charge in [0.05, 0.1) is 12.4 Å². The average Bonchev–Trinajstić information content (AvgIpc) is 2.86. The van der Waals surface area contributed by atoms with E-state index in [1.54, 1.807) is 0 Å². The van der Waals surface area contributed by atoms with Gasteiger partial charge in [-0.1, -0.05) is 0 Å². The van der Waals surface area contributed by atoms with Crippen LogP contribution in [0.4, 0.5) is 8.78 Å². The third-order valence-corrected chi connectivity index (χ3v) is 3.15. The molecule has 1 amide bonds. The summed E-state index contributed by atoms with van der Waals surface area (Å²) in [5.74, 6) is -2.22. The van der Waals surface area contributed by atoms with Crippen molar-refractivity contribution >= 4 is 18.5 Å². The largest absolute Gasteiger partial charge is 0.341 e. The van der Waals surface area contributed by atoms with Crippen LogP contribution in [0.25, 0.3) is 0 Å². The van der Waals surface area contributed by atoms with Crippen molar-refractivity contribution < 1.29 is 23.2 Å². The maximum absolute atomic E-state index is 13.2. The monoisotopic (exact) mass is 321 g/mol. The first kappa shape index (κ1) is 16.5. The zero-order chi connectivity index (χ0) is 17.0. The normalized spacial score (nSPS) is 11.8. The first-order valence-corrected chi connectivity index (χ1v) is 6.62. The van der Waals surface area contributed by atoms with Crippen molar-refractivity contribution in [1.82, 2.24) is 14.9 Å². The number of aromatic nitrogens is 2. The van der Waals surface area contributed by atoms with Gasteiger partial charge in [0.15, 0.2) is 6.29 Å². The third kappa shape index (κ3) is 3.85. The topological polar surface area (TPSA) is 81.1 Å². The Morgan fingerprint density at radius 1 is 1.30 bits per heavy atom. The van der Waals surface area contributed by atoms with Gasteiger partial charge in [0, 0.05) is 13.1 Å². The molecule has 120 valence electrons. The number of carbonyl (C=O) groups is 3. The summed E-state index contributed by atoms with van der Waals surface area (Å²) in [5.41, 5.74) is 0.157. The fourth-order valence-corrected chi connectivity index (χ4v) is 2.16. The third-order valence-electron chi connectivity index (χ3n) is 3.15. The molecule has 1 unspecified atom stereocenters. The van der Waals surface area contributed by atoms with E-state index in [9.17, 15) is 23.2 Å². The second kappa shape index (κ2) is 6.91. The number of amides is 1. The summed E-state index contributed by atoms with van der Waals surface area (Å²) in [7, 11) is 1.52. The van der Waals surface area contributed by atoms with Crippen LogP contribution in [0.15, 0.2) is 24.5 Å². The van der Waals surface area contributed by atoms with Gasteiger partial charge in [0.25, 0.3) is 5.91 Å². The fourth-order valence-electron chi connectivity index (χ4n) is 2.16. The highest BCUT2D eigenvalue weighted by Gasteiger charge is 2.20. The predicted molar refractivity (Wildman–Crippen MR) is 76.0 cm³/mol. The van der Waals surface area contributed by atoms with E-state index < -0.39 is 23.6 Å². The molecule has 1 N–H and O–H groups in total. The van der Waals surface area contributed by atoms with Crippen LogP contribution < -0.4 is 5.32 Å². The van der Waals surface area contributed by atoms with Crippen molar-refractivity contribution in [3.63, 3.8) is 0 Å². The summed E-state index contributed by atoms with van der Waals surface area (Å²) in [5, 5.41) is 2.40. The molecular formula is C15H13F2N3O3. The summed E-state index contributed by atoms with van der Waals surface area (Å²) < 4.78 is 27.6. The van der Waals surface area contributed by atoms with E-state index in [4.69, 9.17) is 0 Å². The van der Waals surface area contributed by atoms with Gasteiger partial charge in [-0.05, 0) is 24.1 Å². The molecule has 0 saturated carbocycles. The Hall–Kier alpha value is -2.90. The number of nitrogens with one attached hydrogen (secondary N) is 1. The zero-order valence-electron chi connectivity index (χ0n) is 12.1. The van der Waals surface area contributed by atoms with Crippen LogP contribution in [0.1, 0.15) is 26.5 Å². The molecule has 1 aromatic heterocycles. The van der Waals surface area contributed by atoms with Gasteiger partial charge in [-0.3, -0.25) is 9.59 Å². The molecule has 0 aliphatic rings. The van der Waals surface area contributed by atoms with Crippen LogP contribution in [0.3, 0.4) is 0 Å². The number of halogens is 2. The van der Waals surface area contributed by atoms with E-state index >= 15 is 0 Å². The summed E-state index contributed by atoms with van der Waals surface area (Å²) >= 11 is 0. The van der Waals surface area contributed by atoms with Crippen molar-refractivity contribution in [3.8, 4) is 0 Å². The Morgan fingerprint density at radius 2 is 1.96 bits per heavy atom. The Morgan fingerprint density at radius 3 is 2.52 bits per heavy atom. The molecule has 2 rings (SSSR count). The van der Waals surface area contributed by atoms with E-state index in [2.05, 4.69) is 10.3 Å². The maximum atomic E-state index is 13.2. The van der Waals surface area contributed by atoms with Gasteiger partial charge >= 0.3 is 0 Å². The van der Waals surface area contributed by atoms with Crippen molar-refractivity contribution in [2.75, 3.05) is 0 Å². The lowest BCUT2D eigenvalue weighted by molar-refractivity contribution is -0.109. The molecule has 0 aliphatic heterocycles. The van der Waals surface area contributed by atoms with Crippen molar-refractivity contribution in [3.05, 3.63) is 53.1 Å². The van der Waals surface area contributed by atoms with Crippen LogP contribution in [0.5, 0.6) is 0 Å². The summed E-state index contributed by atoms with van der Waals surface area (Å²) in [6.07, 6.45) is 2.08. The lowest BCUT2D eigenvalue weighted by Crippen LogP contribution is -2.38. The number of hydrogen-bond acceptors (Lipinski definition) is 4. The molecule has 23 heavy (non-hydrogen) atoms. The minimum atomic E-state index is -1.00. The van der Waals surface area contributed by atoms with Crippen LogP contribution in [-0.4, -0.2) is 34.1 Å². The van der Waals surface area contributed by atoms with Gasteiger partial charge in [-0.15, -0.1) is 0 Å². The summed E-state index contributed by atoms with van der Waals surface area (Å²) in [6.45, 7) is 0. The standard InChI is InChI=1S/C15H13F2N3O3/c1-20-8-18-13(7-22)14(20)15(23)19-12(6-21)4-9-2-10(16)5-11(17)3-9/h2-3,5-8,12H,4H2,1H3,(H,19,23). The van der Waals surface area contributed by atoms with Crippen LogP contribution in [0, 0.1) is 11.6 Å². The molecule has 0 bridgehead atoms. The smallest absolute Gasteiger partial charge is 0.270 e. The van der Waals surface area contributed by atoms with Crippen LogP contribution in [0.2, 0.25) is 0 Å². The fraction of sp³-hybridized carbons (Fsp3) is 0.200. The molecule has 0 saturated heterocycles. The van der Waals surface area contributed by atoms with Gasteiger partial charge in [-0.2, -0.15) is 0 Å². The van der Waals surface area contributed by atoms with Crippen molar-refractivity contribution in [2.24, 2.45) is 7.05 Å². The van der Waals surface area contributed by atoms with Crippen molar-refractivity contribution in [1.29, 1.82) is 0 Å². The van der Waals surface area contributed by atoms with Crippen LogP contribution in [-0.2, 0) is 18.3 Å². The lowest BCUT2D eigenvalue weighted by atomic mass is 10.1. The van der Waals surface area contributed by atoms with E-state index in [0.717, 1.165) is 12.1 Å². The number of rotatable bonds is 6. The molecule has 8 heteroatoms. The van der Waals surface area contributed by atoms with E-state index in [-0.39, 0.29) is 23.4 Å². The maximum Gasteiger partial charge on any atom is 0.270 e. The van der Waals surface area contributed by atoms with Gasteiger partial charge in [-0.25, -0.2) is 13.8 Å². The molecule has 0 spiro atoms. The van der Waals surface area contributed by atoms with Gasteiger partial charge in [0.1, 0.15) is 29.3 Å². The highest BCUT2D eigenvalue weighted by Crippen LogP contribution is 2.10. The van der Waals surface area contributed by atoms with E-state index in [0.29, 0.717) is 18.6 Å². The molecule has 6 nitrogen and oxygen atoms in total. The Kier molecular flexibility index (Phi) is 4.95. The number of aryl methyl sites for hydroxylation is 1. The number of aldehydes is 2. The average molecular weight is 321 g/mol. The first-order valence-electron chi connectivity index (χ1n) is 6.62. The molecule has 1 atom stereocenters. The molecule has 0 fully saturated rings. The SMILES string of the molecule is Cn1cnc(C=O)c1C(=O)NC(C=O)Cc1cc(F)cc(F)c1. The van der Waals surface area contributed by atoms with Gasteiger partial charge in [0.2, 0.25) is 0 Å². The molecule has 0 aliphatic carbocycles. The number of benzene rings is 1. The number of carbonyl (C=O) groups excluding carboxylic acids is 3. The van der Waals surface area contributed by atoms with E-state index in [1.807, 2.05) is 0 Å². The summed E-state index contributed by atoms with van der Waals surface area (Å²) in [4.78, 5) is 37.9. The first-order chi connectivity index (χ1) is 10.9. The molecule has 2 aromatic rings. The quantitative estimate of drug-likeness (QED) is 0.807. The summed E-state index contributed by atoms with van der Waals surface area (Å²) in [6, 6.07) is 1.86. The Bertz CT molecular complexity index is 738. The molecular weight excluding hydrogens is 308 g/mol. The predicted octanol–water partition coefficient (Wildman–Crippen LogP) is 1.05. The van der Waals surface area contributed by atoms with Crippen LogP contribution >= 0.6 is 0 Å². The number of nitrogens with zero attached hydrogens (tertiary/aromatic N) is 2.